The summed E-state index contributed by atoms with van der Waals surface area (Å²) in [7, 11) is 2.71. The fraction of sp³-hybridized carbons (Fsp3) is 0.143. The van der Waals surface area contributed by atoms with Gasteiger partial charge in [0.2, 0.25) is 0 Å². The second-order valence-corrected chi connectivity index (χ2v) is 4.45. The number of aromatic hydroxyl groups is 2. The minimum Gasteiger partial charge on any atom is -0.508 e. The molecule has 1 unspecified atom stereocenters. The number of phenols is 2. The molecule has 0 spiro atoms. The van der Waals surface area contributed by atoms with Crippen LogP contribution in [0.4, 0.5) is 0 Å². The third-order valence-corrected chi connectivity index (χ3v) is 3.25. The van der Waals surface area contributed by atoms with Gasteiger partial charge in [0.25, 0.3) is 0 Å². The van der Waals surface area contributed by atoms with Crippen molar-refractivity contribution in [2.24, 2.45) is 0 Å². The van der Waals surface area contributed by atoms with E-state index in [2.05, 4.69) is 9.24 Å². The molecule has 0 heterocycles. The maximum Gasteiger partial charge on any atom is 0.115 e. The average molecular weight is 246 g/mol. The van der Waals surface area contributed by atoms with Crippen LogP contribution in [0.5, 0.6) is 11.5 Å². The van der Waals surface area contributed by atoms with Gasteiger partial charge < -0.3 is 10.2 Å². The Morgan fingerprint density at radius 3 is 1.71 bits per heavy atom. The first-order valence-corrected chi connectivity index (χ1v) is 6.30. The van der Waals surface area contributed by atoms with Gasteiger partial charge >= 0.3 is 0 Å². The van der Waals surface area contributed by atoms with Crippen LogP contribution in [0.15, 0.2) is 48.5 Å². The molecule has 2 rings (SSSR count). The van der Waals surface area contributed by atoms with E-state index in [0.29, 0.717) is 0 Å². The van der Waals surface area contributed by atoms with Crippen molar-refractivity contribution in [1.82, 2.24) is 0 Å². The summed E-state index contributed by atoms with van der Waals surface area (Å²) >= 11 is 0. The monoisotopic (exact) mass is 246 g/mol. The molecule has 2 nitrogen and oxygen atoms in total. The van der Waals surface area contributed by atoms with Crippen LogP contribution in [0.1, 0.15) is 17.0 Å². The molecule has 17 heavy (non-hydrogen) atoms. The van der Waals surface area contributed by atoms with Crippen LogP contribution in [-0.2, 0) is 0 Å². The van der Waals surface area contributed by atoms with Gasteiger partial charge in [0.1, 0.15) is 11.5 Å². The zero-order chi connectivity index (χ0) is 12.3. The molecular formula is C14H15O2P. The molecule has 0 fully saturated rings. The lowest BCUT2D eigenvalue weighted by atomic mass is 9.93. The SMILES string of the molecule is Oc1cccc(C(CP)c2cccc(O)c2)c1. The van der Waals surface area contributed by atoms with Gasteiger partial charge in [-0.2, -0.15) is 0 Å². The largest absolute Gasteiger partial charge is 0.508 e. The molecule has 0 aliphatic carbocycles. The summed E-state index contributed by atoms with van der Waals surface area (Å²) in [5, 5.41) is 19.0. The van der Waals surface area contributed by atoms with Crippen molar-refractivity contribution in [2.75, 3.05) is 6.16 Å². The third kappa shape index (κ3) is 2.78. The predicted molar refractivity (Wildman–Crippen MR) is 72.6 cm³/mol. The first kappa shape index (κ1) is 11.9. The molecule has 0 bridgehead atoms. The molecule has 0 aliphatic rings. The summed E-state index contributed by atoms with van der Waals surface area (Å²) in [6.07, 6.45) is 0.840. The van der Waals surface area contributed by atoms with Gasteiger partial charge in [-0.1, -0.05) is 24.3 Å². The Labute approximate surface area is 103 Å². The van der Waals surface area contributed by atoms with Gasteiger partial charge in [-0.25, -0.2) is 0 Å². The molecule has 0 amide bonds. The lowest BCUT2D eigenvalue weighted by molar-refractivity contribution is 0.473. The summed E-state index contributed by atoms with van der Waals surface area (Å²) in [6, 6.07) is 14.5. The molecule has 0 saturated heterocycles. The first-order chi connectivity index (χ1) is 8.20. The van der Waals surface area contributed by atoms with Crippen LogP contribution in [0.2, 0.25) is 0 Å². The number of hydrogen-bond acceptors (Lipinski definition) is 2. The van der Waals surface area contributed by atoms with E-state index in [9.17, 15) is 10.2 Å². The maximum atomic E-state index is 9.50. The second-order valence-electron chi connectivity index (χ2n) is 3.98. The summed E-state index contributed by atoms with van der Waals surface area (Å²) in [4.78, 5) is 0. The first-order valence-electron chi connectivity index (χ1n) is 5.48. The molecular weight excluding hydrogens is 231 g/mol. The van der Waals surface area contributed by atoms with Crippen molar-refractivity contribution >= 4 is 9.24 Å². The Kier molecular flexibility index (Phi) is 3.65. The third-order valence-electron chi connectivity index (χ3n) is 2.78. The zero-order valence-corrected chi connectivity index (χ0v) is 10.5. The molecule has 2 aromatic rings. The van der Waals surface area contributed by atoms with Crippen molar-refractivity contribution in [3.05, 3.63) is 59.7 Å². The highest BCUT2D eigenvalue weighted by molar-refractivity contribution is 7.16. The topological polar surface area (TPSA) is 40.5 Å². The van der Waals surface area contributed by atoms with E-state index in [1.54, 1.807) is 24.3 Å². The molecule has 0 aromatic heterocycles. The lowest BCUT2D eigenvalue weighted by Crippen LogP contribution is -2.02. The van der Waals surface area contributed by atoms with Crippen LogP contribution in [0.25, 0.3) is 0 Å². The predicted octanol–water partition coefficient (Wildman–Crippen LogP) is 3.10. The van der Waals surface area contributed by atoms with Gasteiger partial charge in [-0.05, 0) is 41.6 Å². The standard InChI is InChI=1S/C14H15O2P/c15-12-5-1-3-10(7-12)14(9-17)11-4-2-6-13(16)8-11/h1-8,14-16H,9,17H2. The molecule has 1 atom stereocenters. The molecule has 2 N–H and O–H groups in total. The quantitative estimate of drug-likeness (QED) is 0.817. The Balaban J connectivity index is 2.40. The number of benzene rings is 2. The maximum absolute atomic E-state index is 9.50. The van der Waals surface area contributed by atoms with E-state index in [1.165, 1.54) is 0 Å². The smallest absolute Gasteiger partial charge is 0.115 e. The van der Waals surface area contributed by atoms with Gasteiger partial charge in [-0.3, -0.25) is 0 Å². The number of hydrogen-bond donors (Lipinski definition) is 2. The van der Waals surface area contributed by atoms with Gasteiger partial charge in [0.05, 0.1) is 0 Å². The van der Waals surface area contributed by atoms with Crippen molar-refractivity contribution in [3.63, 3.8) is 0 Å². The van der Waals surface area contributed by atoms with Gasteiger partial charge in [0.15, 0.2) is 0 Å². The minimum atomic E-state index is 0.166. The molecule has 0 saturated carbocycles. The highest BCUT2D eigenvalue weighted by atomic mass is 31.0. The van der Waals surface area contributed by atoms with E-state index >= 15 is 0 Å². The lowest BCUT2D eigenvalue weighted by Gasteiger charge is -2.16. The van der Waals surface area contributed by atoms with Crippen molar-refractivity contribution in [1.29, 1.82) is 0 Å². The van der Waals surface area contributed by atoms with Crippen molar-refractivity contribution < 1.29 is 10.2 Å². The number of phenolic OH excluding ortho intramolecular Hbond substituents is 2. The number of rotatable bonds is 3. The molecule has 0 aliphatic heterocycles. The van der Waals surface area contributed by atoms with Crippen LogP contribution in [0, 0.1) is 0 Å². The van der Waals surface area contributed by atoms with Crippen LogP contribution < -0.4 is 0 Å². The molecule has 88 valence electrons. The molecule has 0 radical (unpaired) electrons. The summed E-state index contributed by atoms with van der Waals surface area (Å²) in [6.45, 7) is 0. The highest BCUT2D eigenvalue weighted by Crippen LogP contribution is 2.30. The summed E-state index contributed by atoms with van der Waals surface area (Å²) in [5.41, 5.74) is 2.09. The van der Waals surface area contributed by atoms with Crippen LogP contribution in [0.3, 0.4) is 0 Å². The molecule has 2 aromatic carbocycles. The van der Waals surface area contributed by atoms with E-state index in [1.807, 2.05) is 24.3 Å². The fourth-order valence-corrected chi connectivity index (χ4v) is 2.49. The Morgan fingerprint density at radius 1 is 0.882 bits per heavy atom. The zero-order valence-electron chi connectivity index (χ0n) is 9.38. The van der Waals surface area contributed by atoms with Crippen molar-refractivity contribution in [2.45, 2.75) is 5.92 Å². The second kappa shape index (κ2) is 5.20. The van der Waals surface area contributed by atoms with Crippen LogP contribution >= 0.6 is 9.24 Å². The van der Waals surface area contributed by atoms with Crippen molar-refractivity contribution in [3.8, 4) is 11.5 Å². The summed E-state index contributed by atoms with van der Waals surface area (Å²) < 4.78 is 0. The Morgan fingerprint density at radius 2 is 1.35 bits per heavy atom. The van der Waals surface area contributed by atoms with E-state index < -0.39 is 0 Å². The average Bonchev–Trinajstić information content (AvgIpc) is 2.30. The van der Waals surface area contributed by atoms with Gasteiger partial charge in [-0.15, -0.1) is 9.24 Å². The van der Waals surface area contributed by atoms with E-state index in [4.69, 9.17) is 0 Å². The Hall–Kier alpha value is -1.53. The fourth-order valence-electron chi connectivity index (χ4n) is 1.95. The molecule has 3 heteroatoms. The van der Waals surface area contributed by atoms with Gasteiger partial charge in [0, 0.05) is 5.92 Å². The highest BCUT2D eigenvalue weighted by Gasteiger charge is 2.12. The van der Waals surface area contributed by atoms with Crippen LogP contribution in [-0.4, -0.2) is 16.4 Å². The summed E-state index contributed by atoms with van der Waals surface area (Å²) in [5.74, 6) is 0.705. The van der Waals surface area contributed by atoms with E-state index in [-0.39, 0.29) is 17.4 Å². The minimum absolute atomic E-state index is 0.166. The Bertz CT molecular complexity index is 466. The van der Waals surface area contributed by atoms with E-state index in [0.717, 1.165) is 17.3 Å². The normalized spacial score (nSPS) is 10.7.